The summed E-state index contributed by atoms with van der Waals surface area (Å²) in [5.41, 5.74) is 5.66. The van der Waals surface area contributed by atoms with Crippen LogP contribution in [-0.2, 0) is 26.0 Å². The molecule has 0 saturated carbocycles. The Morgan fingerprint density at radius 3 is 2.25 bits per heavy atom. The van der Waals surface area contributed by atoms with Gasteiger partial charge < -0.3 is 10.8 Å². The van der Waals surface area contributed by atoms with E-state index in [1.165, 1.54) is 12.1 Å². The fraction of sp³-hybridized carbons (Fsp3) is 0.333. The summed E-state index contributed by atoms with van der Waals surface area (Å²) in [6.45, 7) is -0.0571. The number of hydrogen-bond donors (Lipinski definition) is 3. The van der Waals surface area contributed by atoms with Crippen LogP contribution in [0.4, 0.5) is 0 Å². The molecule has 0 unspecified atom stereocenters. The first-order valence-electron chi connectivity index (χ1n) is 5.90. The number of amides is 1. The Morgan fingerprint density at radius 1 is 1.15 bits per heavy atom. The third kappa shape index (κ3) is 5.37. The topological polar surface area (TPSA) is 127 Å². The first-order chi connectivity index (χ1) is 9.31. The maximum Gasteiger partial charge on any atom is 0.303 e. The SMILES string of the molecule is NC(=O)CCNS(=O)(=O)c1ccc(CCC(=O)O)cc1. The molecule has 4 N–H and O–H groups in total. The summed E-state index contributed by atoms with van der Waals surface area (Å²) in [7, 11) is -3.68. The molecule has 0 aliphatic carbocycles. The standard InChI is InChI=1S/C12H16N2O5S/c13-11(15)7-8-14-20(18,19)10-4-1-9(2-5-10)3-6-12(16)17/h1-2,4-5,14H,3,6-8H2,(H2,13,15)(H,16,17). The van der Waals surface area contributed by atoms with Crippen molar-refractivity contribution in [2.45, 2.75) is 24.2 Å². The fourth-order valence-corrected chi connectivity index (χ4v) is 2.51. The molecule has 0 aliphatic rings. The lowest BCUT2D eigenvalue weighted by Crippen LogP contribution is -2.28. The molecule has 0 radical (unpaired) electrons. The highest BCUT2D eigenvalue weighted by Crippen LogP contribution is 2.11. The van der Waals surface area contributed by atoms with Gasteiger partial charge >= 0.3 is 5.97 Å². The highest BCUT2D eigenvalue weighted by atomic mass is 32.2. The molecule has 20 heavy (non-hydrogen) atoms. The number of primary amides is 1. The van der Waals surface area contributed by atoms with E-state index in [9.17, 15) is 18.0 Å². The number of hydrogen-bond acceptors (Lipinski definition) is 4. The highest BCUT2D eigenvalue weighted by Gasteiger charge is 2.13. The largest absolute Gasteiger partial charge is 0.481 e. The van der Waals surface area contributed by atoms with Crippen LogP contribution < -0.4 is 10.5 Å². The van der Waals surface area contributed by atoms with Gasteiger partial charge in [-0.15, -0.1) is 0 Å². The molecule has 0 spiro atoms. The molecule has 1 amide bonds. The maximum atomic E-state index is 11.8. The van der Waals surface area contributed by atoms with E-state index in [4.69, 9.17) is 10.8 Å². The van der Waals surface area contributed by atoms with E-state index in [0.717, 1.165) is 5.56 Å². The van der Waals surface area contributed by atoms with Gasteiger partial charge in [-0.2, -0.15) is 0 Å². The molecule has 0 saturated heterocycles. The van der Waals surface area contributed by atoms with Gasteiger partial charge in [-0.05, 0) is 24.1 Å². The summed E-state index contributed by atoms with van der Waals surface area (Å²) in [6, 6.07) is 5.91. The number of carbonyl (C=O) groups is 2. The first kappa shape index (κ1) is 16.1. The van der Waals surface area contributed by atoms with Crippen molar-refractivity contribution >= 4 is 21.9 Å². The van der Waals surface area contributed by atoms with Crippen LogP contribution in [0.3, 0.4) is 0 Å². The molecule has 0 heterocycles. The zero-order valence-electron chi connectivity index (χ0n) is 10.7. The number of aryl methyl sites for hydroxylation is 1. The van der Waals surface area contributed by atoms with Crippen molar-refractivity contribution in [2.75, 3.05) is 6.54 Å². The van der Waals surface area contributed by atoms with Crippen molar-refractivity contribution in [1.82, 2.24) is 4.72 Å². The number of nitrogens with one attached hydrogen (secondary N) is 1. The number of carbonyl (C=O) groups excluding carboxylic acids is 1. The fourth-order valence-electron chi connectivity index (χ4n) is 1.48. The average Bonchev–Trinajstić information content (AvgIpc) is 2.36. The van der Waals surface area contributed by atoms with Crippen molar-refractivity contribution in [1.29, 1.82) is 0 Å². The quantitative estimate of drug-likeness (QED) is 0.615. The minimum Gasteiger partial charge on any atom is -0.481 e. The summed E-state index contributed by atoms with van der Waals surface area (Å²) in [5, 5.41) is 8.56. The van der Waals surface area contributed by atoms with Crippen LogP contribution in [0.1, 0.15) is 18.4 Å². The van der Waals surface area contributed by atoms with Crippen LogP contribution in [0, 0.1) is 0 Å². The zero-order chi connectivity index (χ0) is 15.2. The van der Waals surface area contributed by atoms with E-state index in [1.54, 1.807) is 12.1 Å². The van der Waals surface area contributed by atoms with Gasteiger partial charge in [0.25, 0.3) is 0 Å². The van der Waals surface area contributed by atoms with Gasteiger partial charge in [0.1, 0.15) is 0 Å². The Labute approximate surface area is 116 Å². The van der Waals surface area contributed by atoms with Gasteiger partial charge in [0.15, 0.2) is 0 Å². The summed E-state index contributed by atoms with van der Waals surface area (Å²) < 4.78 is 25.9. The van der Waals surface area contributed by atoms with E-state index in [0.29, 0.717) is 6.42 Å². The molecule has 1 aromatic carbocycles. The van der Waals surface area contributed by atoms with Crippen LogP contribution in [-0.4, -0.2) is 31.9 Å². The Balaban J connectivity index is 2.66. The summed E-state index contributed by atoms with van der Waals surface area (Å²) in [4.78, 5) is 21.0. The summed E-state index contributed by atoms with van der Waals surface area (Å²) in [6.07, 6.45) is 0.254. The van der Waals surface area contributed by atoms with Crippen molar-refractivity contribution in [3.8, 4) is 0 Å². The van der Waals surface area contributed by atoms with Gasteiger partial charge in [0.05, 0.1) is 4.90 Å². The normalized spacial score (nSPS) is 11.2. The molecule has 0 fully saturated rings. The Bertz CT molecular complexity index is 580. The number of carboxylic acid groups (broad SMARTS) is 1. The van der Waals surface area contributed by atoms with Gasteiger partial charge in [-0.1, -0.05) is 12.1 Å². The van der Waals surface area contributed by atoms with Gasteiger partial charge in [-0.3, -0.25) is 9.59 Å². The number of nitrogens with two attached hydrogens (primary N) is 1. The molecule has 0 aromatic heterocycles. The van der Waals surface area contributed by atoms with Crippen molar-refractivity contribution in [3.05, 3.63) is 29.8 Å². The highest BCUT2D eigenvalue weighted by molar-refractivity contribution is 7.89. The van der Waals surface area contributed by atoms with Crippen LogP contribution >= 0.6 is 0 Å². The number of sulfonamides is 1. The molecule has 7 nitrogen and oxygen atoms in total. The van der Waals surface area contributed by atoms with Crippen molar-refractivity contribution in [2.24, 2.45) is 5.73 Å². The molecule has 0 aliphatic heterocycles. The second kappa shape index (κ2) is 7.01. The molecule has 110 valence electrons. The molecule has 1 rings (SSSR count). The van der Waals surface area contributed by atoms with Gasteiger partial charge in [0.2, 0.25) is 15.9 Å². The lowest BCUT2D eigenvalue weighted by Gasteiger charge is -2.06. The minimum atomic E-state index is -3.68. The average molecular weight is 300 g/mol. The predicted molar refractivity (Wildman–Crippen MR) is 71.4 cm³/mol. The van der Waals surface area contributed by atoms with Crippen LogP contribution in [0.2, 0.25) is 0 Å². The Hall–Kier alpha value is -1.93. The number of aliphatic carboxylic acids is 1. The third-order valence-electron chi connectivity index (χ3n) is 2.52. The van der Waals surface area contributed by atoms with E-state index < -0.39 is 21.9 Å². The molecule has 0 atom stereocenters. The smallest absolute Gasteiger partial charge is 0.303 e. The zero-order valence-corrected chi connectivity index (χ0v) is 11.5. The molecular weight excluding hydrogens is 284 g/mol. The minimum absolute atomic E-state index is 0.0110. The number of benzene rings is 1. The van der Waals surface area contributed by atoms with E-state index in [1.807, 2.05) is 0 Å². The van der Waals surface area contributed by atoms with Crippen LogP contribution in [0.5, 0.6) is 0 Å². The Morgan fingerprint density at radius 2 is 1.75 bits per heavy atom. The lowest BCUT2D eigenvalue weighted by atomic mass is 10.1. The number of rotatable bonds is 8. The van der Waals surface area contributed by atoms with E-state index >= 15 is 0 Å². The molecule has 1 aromatic rings. The van der Waals surface area contributed by atoms with E-state index in [2.05, 4.69) is 4.72 Å². The van der Waals surface area contributed by atoms with E-state index in [-0.39, 0.29) is 24.3 Å². The third-order valence-corrected chi connectivity index (χ3v) is 4.00. The maximum absolute atomic E-state index is 11.8. The monoisotopic (exact) mass is 300 g/mol. The molecule has 8 heteroatoms. The second-order valence-corrected chi connectivity index (χ2v) is 5.92. The van der Waals surface area contributed by atoms with Crippen molar-refractivity contribution < 1.29 is 23.1 Å². The summed E-state index contributed by atoms with van der Waals surface area (Å²) in [5.74, 6) is -1.49. The van der Waals surface area contributed by atoms with Gasteiger partial charge in [-0.25, -0.2) is 13.1 Å². The van der Waals surface area contributed by atoms with Crippen LogP contribution in [0.15, 0.2) is 29.2 Å². The summed E-state index contributed by atoms with van der Waals surface area (Å²) >= 11 is 0. The number of carboxylic acids is 1. The second-order valence-electron chi connectivity index (χ2n) is 4.15. The lowest BCUT2D eigenvalue weighted by molar-refractivity contribution is -0.137. The predicted octanol–water partition coefficient (Wildman–Crippen LogP) is -0.142. The Kier molecular flexibility index (Phi) is 5.66. The van der Waals surface area contributed by atoms with Gasteiger partial charge in [0, 0.05) is 19.4 Å². The van der Waals surface area contributed by atoms with Crippen LogP contribution in [0.25, 0.3) is 0 Å². The van der Waals surface area contributed by atoms with Crippen molar-refractivity contribution in [3.63, 3.8) is 0 Å². The molecule has 0 bridgehead atoms. The first-order valence-corrected chi connectivity index (χ1v) is 7.38. The molecular formula is C12H16N2O5S.